The number of aromatic nitrogens is 3. The number of aliphatic hydroxyl groups excluding tert-OH is 3. The van der Waals surface area contributed by atoms with Crippen LogP contribution in [-0.4, -0.2) is 61.6 Å². The number of hydrogen-bond acceptors (Lipinski definition) is 7. The molecule has 1 heterocycles. The van der Waals surface area contributed by atoms with E-state index in [0.29, 0.717) is 22.2 Å². The molecule has 3 N–H and O–H groups in total. The van der Waals surface area contributed by atoms with Crippen molar-refractivity contribution in [2.75, 3.05) is 19.1 Å². The summed E-state index contributed by atoms with van der Waals surface area (Å²) in [5, 5.41) is 36.9. The molecule has 3 rings (SSSR count). The van der Waals surface area contributed by atoms with Crippen LogP contribution in [-0.2, 0) is 18.6 Å². The molecule has 0 aliphatic rings. The maximum absolute atomic E-state index is 10.2. The summed E-state index contributed by atoms with van der Waals surface area (Å²) in [6.07, 6.45) is 0.0454. The van der Waals surface area contributed by atoms with Crippen LogP contribution in [0.3, 0.4) is 0 Å². The van der Waals surface area contributed by atoms with Gasteiger partial charge in [-0.05, 0) is 35.4 Å². The van der Waals surface area contributed by atoms with Crippen LogP contribution >= 0.6 is 23.2 Å². The lowest BCUT2D eigenvalue weighted by Gasteiger charge is -2.27. The Hall–Kier alpha value is -2.36. The van der Waals surface area contributed by atoms with E-state index in [9.17, 15) is 10.2 Å². The first-order valence-corrected chi connectivity index (χ1v) is 11.7. The lowest BCUT2D eigenvalue weighted by atomic mass is 9.78. The fourth-order valence-electron chi connectivity index (χ4n) is 3.33. The smallest absolute Gasteiger partial charge is 0.138 e. The molecule has 184 valence electrons. The van der Waals surface area contributed by atoms with Crippen molar-refractivity contribution in [1.29, 1.82) is 0 Å². The molecule has 0 radical (unpaired) electrons. The highest BCUT2D eigenvalue weighted by molar-refractivity contribution is 6.32. The summed E-state index contributed by atoms with van der Waals surface area (Å²) in [5.41, 5.74) is 2.16. The van der Waals surface area contributed by atoms with Gasteiger partial charge < -0.3 is 24.8 Å². The Labute approximate surface area is 208 Å². The van der Waals surface area contributed by atoms with Gasteiger partial charge in [-0.2, -0.15) is 0 Å². The topological polar surface area (TPSA) is 110 Å². The minimum absolute atomic E-state index is 0.0741. The summed E-state index contributed by atoms with van der Waals surface area (Å²) < 4.78 is 12.7. The van der Waals surface area contributed by atoms with Crippen LogP contribution in [0.25, 0.3) is 0 Å². The SMILES string of the molecule is CC(C)(c1ccc(OC[C@@H](O)Cn2cc(CO)nn2)cc1)c1ccc(OC[C@@H](O)CCl)c(Cl)c1. The molecule has 0 fully saturated rings. The zero-order valence-corrected chi connectivity index (χ0v) is 20.6. The molecular formula is C24H29Cl2N3O5. The van der Waals surface area contributed by atoms with Crippen molar-refractivity contribution < 1.29 is 24.8 Å². The van der Waals surface area contributed by atoms with Crippen LogP contribution < -0.4 is 9.47 Å². The molecule has 0 spiro atoms. The number of aliphatic hydroxyl groups is 3. The zero-order valence-electron chi connectivity index (χ0n) is 19.1. The number of nitrogens with zero attached hydrogens (tertiary/aromatic N) is 3. The molecule has 2 aromatic carbocycles. The first-order chi connectivity index (χ1) is 16.2. The summed E-state index contributed by atoms with van der Waals surface area (Å²) in [7, 11) is 0. The van der Waals surface area contributed by atoms with E-state index in [1.807, 2.05) is 36.4 Å². The second-order valence-corrected chi connectivity index (χ2v) is 9.18. The minimum Gasteiger partial charge on any atom is -0.491 e. The summed E-state index contributed by atoms with van der Waals surface area (Å²) >= 11 is 12.0. The summed E-state index contributed by atoms with van der Waals surface area (Å²) in [6, 6.07) is 13.3. The van der Waals surface area contributed by atoms with E-state index in [1.165, 1.54) is 4.68 Å². The molecule has 10 heteroatoms. The summed E-state index contributed by atoms with van der Waals surface area (Å²) in [4.78, 5) is 0. The van der Waals surface area contributed by atoms with Gasteiger partial charge in [0.15, 0.2) is 0 Å². The van der Waals surface area contributed by atoms with Gasteiger partial charge in [0.25, 0.3) is 0 Å². The second kappa shape index (κ2) is 11.9. The van der Waals surface area contributed by atoms with Gasteiger partial charge >= 0.3 is 0 Å². The van der Waals surface area contributed by atoms with Crippen LogP contribution in [0.1, 0.15) is 30.7 Å². The van der Waals surface area contributed by atoms with Crippen LogP contribution in [0.15, 0.2) is 48.7 Å². The Morgan fingerprint density at radius 3 is 2.29 bits per heavy atom. The zero-order chi connectivity index (χ0) is 24.7. The van der Waals surface area contributed by atoms with Gasteiger partial charge in [0.1, 0.15) is 42.6 Å². The highest BCUT2D eigenvalue weighted by Crippen LogP contribution is 2.36. The summed E-state index contributed by atoms with van der Waals surface area (Å²) in [6.45, 7) is 4.36. The Kier molecular flexibility index (Phi) is 9.16. The largest absolute Gasteiger partial charge is 0.491 e. The number of halogens is 2. The van der Waals surface area contributed by atoms with E-state index >= 15 is 0 Å². The van der Waals surface area contributed by atoms with E-state index in [2.05, 4.69) is 24.2 Å². The molecule has 0 bridgehead atoms. The Balaban J connectivity index is 1.59. The molecule has 0 aliphatic heterocycles. The first kappa shape index (κ1) is 26.2. The predicted molar refractivity (Wildman–Crippen MR) is 130 cm³/mol. The van der Waals surface area contributed by atoms with Crippen LogP contribution in [0.5, 0.6) is 11.5 Å². The number of ether oxygens (including phenoxy) is 2. The van der Waals surface area contributed by atoms with Gasteiger partial charge in [0.2, 0.25) is 0 Å². The van der Waals surface area contributed by atoms with Gasteiger partial charge in [0, 0.05) is 5.41 Å². The summed E-state index contributed by atoms with van der Waals surface area (Å²) in [5.74, 6) is 1.22. The fraction of sp³-hybridized carbons (Fsp3) is 0.417. The van der Waals surface area contributed by atoms with Crippen LogP contribution in [0.4, 0.5) is 0 Å². The number of rotatable bonds is 12. The van der Waals surface area contributed by atoms with Crippen molar-refractivity contribution >= 4 is 23.2 Å². The van der Waals surface area contributed by atoms with E-state index in [4.69, 9.17) is 37.8 Å². The van der Waals surface area contributed by atoms with Crippen LogP contribution in [0.2, 0.25) is 5.02 Å². The second-order valence-electron chi connectivity index (χ2n) is 8.47. The number of hydrogen-bond donors (Lipinski definition) is 3. The molecule has 1 aromatic heterocycles. The number of benzene rings is 2. The van der Waals surface area contributed by atoms with Crippen LogP contribution in [0, 0.1) is 0 Å². The standard InChI is InChI=1S/C24H29Cl2N3O5/c1-24(2,17-5-8-23(22(26)9-17)34-14-19(31)10-25)16-3-6-21(7-4-16)33-15-20(32)12-29-11-18(13-30)27-28-29/h3-9,11,19-20,30-32H,10,12-15H2,1-2H3/t19-,20-/m0/s1. The van der Waals surface area contributed by atoms with Crippen molar-refractivity contribution in [1.82, 2.24) is 15.0 Å². The molecule has 0 saturated heterocycles. The van der Waals surface area contributed by atoms with E-state index in [1.54, 1.807) is 12.3 Å². The first-order valence-electron chi connectivity index (χ1n) is 10.8. The average molecular weight is 510 g/mol. The minimum atomic E-state index is -0.780. The highest BCUT2D eigenvalue weighted by atomic mass is 35.5. The molecule has 0 saturated carbocycles. The molecule has 0 aliphatic carbocycles. The molecule has 0 amide bonds. The third kappa shape index (κ3) is 6.84. The van der Waals surface area contributed by atoms with Crippen molar-refractivity contribution in [2.45, 2.75) is 44.6 Å². The van der Waals surface area contributed by atoms with Crippen molar-refractivity contribution in [2.24, 2.45) is 0 Å². The van der Waals surface area contributed by atoms with E-state index in [0.717, 1.165) is 11.1 Å². The van der Waals surface area contributed by atoms with Gasteiger partial charge in [-0.15, -0.1) is 16.7 Å². The average Bonchev–Trinajstić information content (AvgIpc) is 3.29. The van der Waals surface area contributed by atoms with Crippen molar-refractivity contribution in [3.63, 3.8) is 0 Å². The molecule has 34 heavy (non-hydrogen) atoms. The normalized spacial score (nSPS) is 13.5. The molecule has 3 aromatic rings. The predicted octanol–water partition coefficient (Wildman–Crippen LogP) is 3.17. The van der Waals surface area contributed by atoms with E-state index in [-0.39, 0.29) is 37.7 Å². The monoisotopic (exact) mass is 509 g/mol. The van der Waals surface area contributed by atoms with Gasteiger partial charge in [-0.25, -0.2) is 4.68 Å². The molecular weight excluding hydrogens is 481 g/mol. The maximum atomic E-state index is 10.2. The van der Waals surface area contributed by atoms with Crippen molar-refractivity contribution in [3.05, 3.63) is 70.5 Å². The molecule has 0 unspecified atom stereocenters. The molecule has 8 nitrogen and oxygen atoms in total. The lowest BCUT2D eigenvalue weighted by Crippen LogP contribution is -2.24. The van der Waals surface area contributed by atoms with Gasteiger partial charge in [-0.1, -0.05) is 48.9 Å². The van der Waals surface area contributed by atoms with E-state index < -0.39 is 12.2 Å². The van der Waals surface area contributed by atoms with Gasteiger partial charge in [-0.3, -0.25) is 0 Å². The van der Waals surface area contributed by atoms with Crippen molar-refractivity contribution in [3.8, 4) is 11.5 Å². The van der Waals surface area contributed by atoms with Gasteiger partial charge in [0.05, 0.1) is 30.3 Å². The molecule has 2 atom stereocenters. The highest BCUT2D eigenvalue weighted by Gasteiger charge is 2.24. The third-order valence-electron chi connectivity index (χ3n) is 5.43. The third-order valence-corrected chi connectivity index (χ3v) is 6.08. The maximum Gasteiger partial charge on any atom is 0.138 e. The lowest BCUT2D eigenvalue weighted by molar-refractivity contribution is 0.0888. The fourth-order valence-corrected chi connectivity index (χ4v) is 3.66. The quantitative estimate of drug-likeness (QED) is 0.321. The Bertz CT molecular complexity index is 1060. The Morgan fingerprint density at radius 1 is 1.00 bits per heavy atom. The Morgan fingerprint density at radius 2 is 1.68 bits per heavy atom. The number of alkyl halides is 1.